The number of carbonyl (C=O) groups is 1. The third-order valence-electron chi connectivity index (χ3n) is 2.08. The van der Waals surface area contributed by atoms with E-state index in [0.717, 1.165) is 10.0 Å². The zero-order valence-electron chi connectivity index (χ0n) is 11.2. The van der Waals surface area contributed by atoms with Crippen LogP contribution in [0, 0.1) is 0 Å². The summed E-state index contributed by atoms with van der Waals surface area (Å²) in [5.41, 5.74) is 6.05. The van der Waals surface area contributed by atoms with Crippen molar-refractivity contribution in [3.8, 4) is 0 Å². The second kappa shape index (κ2) is 6.86. The van der Waals surface area contributed by atoms with Crippen molar-refractivity contribution in [3.05, 3.63) is 34.3 Å². The first-order chi connectivity index (χ1) is 8.76. The molecule has 0 spiro atoms. The number of nitrogens with one attached hydrogen (secondary N) is 3. The minimum atomic E-state index is -0.139. The lowest BCUT2D eigenvalue weighted by atomic mass is 10.1. The Morgan fingerprint density at radius 2 is 1.79 bits per heavy atom. The zero-order chi connectivity index (χ0) is 14.5. The number of halogens is 1. The third-order valence-corrected chi connectivity index (χ3v) is 2.81. The summed E-state index contributed by atoms with van der Waals surface area (Å²) in [6.07, 6.45) is 0.304. The molecule has 0 atom stereocenters. The lowest BCUT2D eigenvalue weighted by Gasteiger charge is -2.23. The number of rotatable bonds is 2. The van der Waals surface area contributed by atoms with Crippen molar-refractivity contribution in [2.24, 2.45) is 0 Å². The minimum Gasteiger partial charge on any atom is -0.357 e. The van der Waals surface area contributed by atoms with Gasteiger partial charge in [-0.25, -0.2) is 0 Å². The van der Waals surface area contributed by atoms with Gasteiger partial charge < -0.3 is 5.32 Å². The van der Waals surface area contributed by atoms with Crippen LogP contribution in [0.25, 0.3) is 0 Å². The first kappa shape index (κ1) is 15.9. The predicted molar refractivity (Wildman–Crippen MR) is 84.6 cm³/mol. The molecule has 6 heteroatoms. The summed E-state index contributed by atoms with van der Waals surface area (Å²) in [6.45, 7) is 5.97. The van der Waals surface area contributed by atoms with Crippen molar-refractivity contribution in [3.63, 3.8) is 0 Å². The molecule has 0 bridgehead atoms. The Hall–Kier alpha value is -1.14. The summed E-state index contributed by atoms with van der Waals surface area (Å²) in [5, 5.41) is 3.44. The molecule has 4 nitrogen and oxygen atoms in total. The highest BCUT2D eigenvalue weighted by molar-refractivity contribution is 9.10. The summed E-state index contributed by atoms with van der Waals surface area (Å²) < 4.78 is 0.991. The van der Waals surface area contributed by atoms with Gasteiger partial charge in [0.25, 0.3) is 0 Å². The van der Waals surface area contributed by atoms with Gasteiger partial charge in [-0.15, -0.1) is 0 Å². The molecule has 0 aromatic heterocycles. The smallest absolute Gasteiger partial charge is 0.242 e. The molecule has 0 unspecified atom stereocenters. The average Bonchev–Trinajstić information content (AvgIpc) is 2.27. The van der Waals surface area contributed by atoms with Crippen LogP contribution < -0.4 is 16.2 Å². The highest BCUT2D eigenvalue weighted by Crippen LogP contribution is 2.10. The first-order valence-electron chi connectivity index (χ1n) is 5.88. The van der Waals surface area contributed by atoms with Gasteiger partial charge in [0, 0.05) is 10.0 Å². The molecule has 0 fully saturated rings. The number of amides is 1. The van der Waals surface area contributed by atoms with Crippen LogP contribution >= 0.6 is 28.1 Å². The summed E-state index contributed by atoms with van der Waals surface area (Å²) in [5.74, 6) is -0.139. The molecule has 1 amide bonds. The number of carbonyl (C=O) groups excluding carboxylic acids is 1. The second-order valence-corrected chi connectivity index (χ2v) is 6.50. The standard InChI is InChI=1S/C13H18BrN3OS/c1-13(2,3)15-12(19)17-16-11(18)8-9-4-6-10(14)7-5-9/h4-7H,8H2,1-3H3,(H,16,18)(H2,15,17,19). The topological polar surface area (TPSA) is 53.2 Å². The molecular formula is C13H18BrN3OS. The van der Waals surface area contributed by atoms with Crippen molar-refractivity contribution in [2.45, 2.75) is 32.7 Å². The maximum Gasteiger partial charge on any atom is 0.242 e. The molecule has 0 heterocycles. The van der Waals surface area contributed by atoms with Crippen LogP contribution in [-0.2, 0) is 11.2 Å². The van der Waals surface area contributed by atoms with E-state index >= 15 is 0 Å². The first-order valence-corrected chi connectivity index (χ1v) is 7.08. The maximum atomic E-state index is 11.7. The molecule has 0 aliphatic carbocycles. The zero-order valence-corrected chi connectivity index (χ0v) is 13.6. The Labute approximate surface area is 127 Å². The van der Waals surface area contributed by atoms with Gasteiger partial charge >= 0.3 is 0 Å². The van der Waals surface area contributed by atoms with Gasteiger partial charge in [-0.3, -0.25) is 15.6 Å². The average molecular weight is 344 g/mol. The van der Waals surface area contributed by atoms with E-state index in [1.165, 1.54) is 0 Å². The fourth-order valence-electron chi connectivity index (χ4n) is 1.33. The van der Waals surface area contributed by atoms with E-state index in [4.69, 9.17) is 12.2 Å². The number of hydrazine groups is 1. The minimum absolute atomic E-state index is 0.138. The van der Waals surface area contributed by atoms with Crippen molar-refractivity contribution in [1.82, 2.24) is 16.2 Å². The normalized spacial score (nSPS) is 10.7. The molecule has 1 rings (SSSR count). The lowest BCUT2D eigenvalue weighted by molar-refractivity contribution is -0.121. The highest BCUT2D eigenvalue weighted by Gasteiger charge is 2.11. The molecule has 104 valence electrons. The van der Waals surface area contributed by atoms with Crippen LogP contribution in [0.15, 0.2) is 28.7 Å². The molecule has 1 aromatic rings. The van der Waals surface area contributed by atoms with E-state index in [9.17, 15) is 4.79 Å². The summed E-state index contributed by atoms with van der Waals surface area (Å²) >= 11 is 8.41. The predicted octanol–water partition coefficient (Wildman–Crippen LogP) is 2.29. The third kappa shape index (κ3) is 7.12. The monoisotopic (exact) mass is 343 g/mol. The Morgan fingerprint density at radius 1 is 1.21 bits per heavy atom. The number of hydrogen-bond donors (Lipinski definition) is 3. The molecule has 0 aliphatic heterocycles. The molecule has 1 aromatic carbocycles. The Bertz CT molecular complexity index is 454. The van der Waals surface area contributed by atoms with E-state index in [1.54, 1.807) is 0 Å². The highest BCUT2D eigenvalue weighted by atomic mass is 79.9. The van der Waals surface area contributed by atoms with Gasteiger partial charge in [0.15, 0.2) is 5.11 Å². The van der Waals surface area contributed by atoms with E-state index < -0.39 is 0 Å². The van der Waals surface area contributed by atoms with Gasteiger partial charge in [-0.05, 0) is 50.7 Å². The van der Waals surface area contributed by atoms with Gasteiger partial charge in [0.1, 0.15) is 0 Å². The van der Waals surface area contributed by atoms with Crippen LogP contribution in [0.4, 0.5) is 0 Å². The molecular weight excluding hydrogens is 326 g/mol. The number of benzene rings is 1. The van der Waals surface area contributed by atoms with Crippen LogP contribution in [0.2, 0.25) is 0 Å². The van der Waals surface area contributed by atoms with Crippen molar-refractivity contribution in [1.29, 1.82) is 0 Å². The molecule has 0 saturated carbocycles. The lowest BCUT2D eigenvalue weighted by Crippen LogP contribution is -2.52. The molecule has 0 aliphatic rings. The molecule has 19 heavy (non-hydrogen) atoms. The van der Waals surface area contributed by atoms with Crippen molar-refractivity contribution in [2.75, 3.05) is 0 Å². The van der Waals surface area contributed by atoms with Gasteiger partial charge in [0.2, 0.25) is 5.91 Å². The second-order valence-electron chi connectivity index (χ2n) is 5.18. The van der Waals surface area contributed by atoms with Crippen molar-refractivity contribution < 1.29 is 4.79 Å². The van der Waals surface area contributed by atoms with Gasteiger partial charge in [-0.2, -0.15) is 0 Å². The summed E-state index contributed by atoms with van der Waals surface area (Å²) in [7, 11) is 0. The van der Waals surface area contributed by atoms with Crippen LogP contribution in [0.3, 0.4) is 0 Å². The Morgan fingerprint density at radius 3 is 2.32 bits per heavy atom. The fourth-order valence-corrected chi connectivity index (χ4v) is 1.95. The molecule has 0 radical (unpaired) electrons. The summed E-state index contributed by atoms with van der Waals surface area (Å²) in [4.78, 5) is 11.7. The van der Waals surface area contributed by atoms with Crippen LogP contribution in [0.1, 0.15) is 26.3 Å². The maximum absolute atomic E-state index is 11.7. The number of hydrogen-bond acceptors (Lipinski definition) is 2. The van der Waals surface area contributed by atoms with Gasteiger partial charge in [0.05, 0.1) is 6.42 Å². The number of thiocarbonyl (C=S) groups is 1. The fraction of sp³-hybridized carbons (Fsp3) is 0.385. The largest absolute Gasteiger partial charge is 0.357 e. The molecule has 0 saturated heterocycles. The summed E-state index contributed by atoms with van der Waals surface area (Å²) in [6, 6.07) is 7.61. The van der Waals surface area contributed by atoms with Gasteiger partial charge in [-0.1, -0.05) is 28.1 Å². The Kier molecular flexibility index (Phi) is 5.75. The van der Waals surface area contributed by atoms with Crippen LogP contribution in [-0.4, -0.2) is 16.6 Å². The van der Waals surface area contributed by atoms with E-state index in [-0.39, 0.29) is 11.4 Å². The van der Waals surface area contributed by atoms with E-state index in [0.29, 0.717) is 11.5 Å². The molecule has 3 N–H and O–H groups in total. The van der Waals surface area contributed by atoms with E-state index in [1.807, 2.05) is 45.0 Å². The van der Waals surface area contributed by atoms with E-state index in [2.05, 4.69) is 32.1 Å². The SMILES string of the molecule is CC(C)(C)NC(=S)NNC(=O)Cc1ccc(Br)cc1. The van der Waals surface area contributed by atoms with Crippen molar-refractivity contribution >= 4 is 39.2 Å². The quantitative estimate of drug-likeness (QED) is 0.569. The van der Waals surface area contributed by atoms with Crippen LogP contribution in [0.5, 0.6) is 0 Å². The Balaban J connectivity index is 2.36.